The van der Waals surface area contributed by atoms with E-state index in [1.54, 1.807) is 0 Å². The van der Waals surface area contributed by atoms with Crippen LogP contribution in [0, 0.1) is 18.3 Å². The summed E-state index contributed by atoms with van der Waals surface area (Å²) in [6.45, 7) is 11.5. The van der Waals surface area contributed by atoms with Crippen molar-refractivity contribution in [2.45, 2.75) is 40.7 Å². The number of hydrogen-bond acceptors (Lipinski definition) is 4. The van der Waals surface area contributed by atoms with Gasteiger partial charge in [0.25, 0.3) is 5.56 Å². The van der Waals surface area contributed by atoms with Crippen molar-refractivity contribution in [3.63, 3.8) is 0 Å². The minimum atomic E-state index is -0.348. The van der Waals surface area contributed by atoms with Crippen molar-refractivity contribution in [2.75, 3.05) is 19.7 Å². The van der Waals surface area contributed by atoms with Crippen LogP contribution in [-0.2, 0) is 6.54 Å². The predicted molar refractivity (Wildman–Crippen MR) is 104 cm³/mol. The molecule has 26 heavy (non-hydrogen) atoms. The Kier molecular flexibility index (Phi) is 6.99. The number of nitrogens with one attached hydrogen (secondary N) is 1. The van der Waals surface area contributed by atoms with E-state index >= 15 is 0 Å². The number of nitrogens with zero attached hydrogens (tertiary/aromatic N) is 2. The highest BCUT2D eigenvalue weighted by atomic mass is 16.5. The van der Waals surface area contributed by atoms with Gasteiger partial charge in [-0.3, -0.25) is 9.69 Å². The van der Waals surface area contributed by atoms with E-state index in [1.165, 1.54) is 0 Å². The third kappa shape index (κ3) is 4.53. The third-order valence-corrected chi connectivity index (χ3v) is 4.40. The molecule has 1 aromatic carbocycles. The molecular weight excluding hydrogens is 326 g/mol. The molecule has 0 radical (unpaired) electrons. The molecule has 0 aliphatic heterocycles. The first-order valence-corrected chi connectivity index (χ1v) is 9.16. The Morgan fingerprint density at radius 3 is 2.54 bits per heavy atom. The van der Waals surface area contributed by atoms with Crippen LogP contribution in [0.4, 0.5) is 0 Å². The lowest BCUT2D eigenvalue weighted by molar-refractivity contribution is 0.277. The lowest BCUT2D eigenvalue weighted by Gasteiger charge is -2.21. The highest BCUT2D eigenvalue weighted by Gasteiger charge is 2.14. The second-order valence-electron chi connectivity index (χ2n) is 6.31. The fourth-order valence-corrected chi connectivity index (χ4v) is 2.94. The van der Waals surface area contributed by atoms with Gasteiger partial charge in [-0.25, -0.2) is 0 Å². The molecule has 5 nitrogen and oxygen atoms in total. The quantitative estimate of drug-likeness (QED) is 0.782. The fraction of sp³-hybridized carbons (Fsp3) is 0.429. The molecule has 0 amide bonds. The molecule has 0 atom stereocenters. The predicted octanol–water partition coefficient (Wildman–Crippen LogP) is 3.85. The maximum Gasteiger partial charge on any atom is 0.266 e. The second-order valence-corrected chi connectivity index (χ2v) is 6.31. The summed E-state index contributed by atoms with van der Waals surface area (Å²) in [5.74, 6) is 0.863. The van der Waals surface area contributed by atoms with Crippen molar-refractivity contribution in [1.29, 1.82) is 5.26 Å². The van der Waals surface area contributed by atoms with E-state index in [-0.39, 0.29) is 11.1 Å². The number of H-pyrrole nitrogens is 1. The van der Waals surface area contributed by atoms with Crippen LogP contribution in [0.1, 0.15) is 44.0 Å². The molecule has 1 aromatic heterocycles. The van der Waals surface area contributed by atoms with Gasteiger partial charge in [0.15, 0.2) is 0 Å². The first-order chi connectivity index (χ1) is 12.5. The van der Waals surface area contributed by atoms with Crippen molar-refractivity contribution in [1.82, 2.24) is 9.88 Å². The number of ether oxygens (including phenoxy) is 1. The van der Waals surface area contributed by atoms with Crippen LogP contribution in [0.5, 0.6) is 5.75 Å². The van der Waals surface area contributed by atoms with E-state index < -0.39 is 0 Å². The van der Waals surface area contributed by atoms with Crippen LogP contribution in [-0.4, -0.2) is 29.6 Å². The number of aryl methyl sites for hydroxylation is 1. The Balaban J connectivity index is 2.55. The minimum Gasteiger partial charge on any atom is -0.493 e. The minimum absolute atomic E-state index is 0.145. The lowest BCUT2D eigenvalue weighted by atomic mass is 9.98. The number of benzene rings is 1. The summed E-state index contributed by atoms with van der Waals surface area (Å²) in [6.07, 6.45) is 0.943. The van der Waals surface area contributed by atoms with Gasteiger partial charge in [-0.15, -0.1) is 0 Å². The molecule has 0 saturated carbocycles. The summed E-state index contributed by atoms with van der Waals surface area (Å²) in [5, 5.41) is 9.41. The lowest BCUT2D eigenvalue weighted by Crippen LogP contribution is -2.22. The third-order valence-electron chi connectivity index (χ3n) is 4.40. The second kappa shape index (κ2) is 9.21. The number of aromatic nitrogens is 1. The molecule has 0 unspecified atom stereocenters. The van der Waals surface area contributed by atoms with Gasteiger partial charge in [-0.1, -0.05) is 26.8 Å². The van der Waals surface area contributed by atoms with Crippen molar-refractivity contribution in [3.05, 3.63) is 51.4 Å². The van der Waals surface area contributed by atoms with Gasteiger partial charge in [0.05, 0.1) is 6.61 Å². The van der Waals surface area contributed by atoms with Crippen molar-refractivity contribution >= 4 is 0 Å². The van der Waals surface area contributed by atoms with Crippen LogP contribution < -0.4 is 10.3 Å². The van der Waals surface area contributed by atoms with E-state index in [9.17, 15) is 10.1 Å². The molecule has 138 valence electrons. The van der Waals surface area contributed by atoms with E-state index in [1.807, 2.05) is 37.3 Å². The Hall–Kier alpha value is -2.58. The molecule has 5 heteroatoms. The standard InChI is InChI=1S/C21H27N3O2/c1-5-10-26-20-9-8-16(12-17(20)14-24(6-2)7-3)18-11-15(4)23-21(25)19(18)13-22/h8-9,11-12H,5-7,10,14H2,1-4H3,(H,23,25). The Morgan fingerprint density at radius 2 is 1.92 bits per heavy atom. The van der Waals surface area contributed by atoms with Gasteiger partial charge in [0.2, 0.25) is 0 Å². The largest absolute Gasteiger partial charge is 0.493 e. The average Bonchev–Trinajstić information content (AvgIpc) is 2.64. The van der Waals surface area contributed by atoms with Gasteiger partial charge in [-0.2, -0.15) is 5.26 Å². The maximum atomic E-state index is 12.1. The molecule has 0 aliphatic rings. The molecule has 1 N–H and O–H groups in total. The normalized spacial score (nSPS) is 10.8. The number of aromatic amines is 1. The Bertz CT molecular complexity index is 845. The average molecular weight is 353 g/mol. The summed E-state index contributed by atoms with van der Waals surface area (Å²) in [7, 11) is 0. The number of rotatable bonds is 8. The van der Waals surface area contributed by atoms with E-state index in [4.69, 9.17) is 4.74 Å². The van der Waals surface area contributed by atoms with Crippen LogP contribution in [0.15, 0.2) is 29.1 Å². The number of nitriles is 1. The fourth-order valence-electron chi connectivity index (χ4n) is 2.94. The van der Waals surface area contributed by atoms with E-state index in [0.29, 0.717) is 12.2 Å². The number of hydrogen-bond donors (Lipinski definition) is 1. The smallest absolute Gasteiger partial charge is 0.266 e. The van der Waals surface area contributed by atoms with Crippen LogP contribution in [0.25, 0.3) is 11.1 Å². The molecule has 0 saturated heterocycles. The van der Waals surface area contributed by atoms with Crippen LogP contribution in [0.3, 0.4) is 0 Å². The molecular formula is C21H27N3O2. The van der Waals surface area contributed by atoms with Crippen molar-refractivity contribution in [3.8, 4) is 22.9 Å². The zero-order valence-electron chi connectivity index (χ0n) is 16.1. The van der Waals surface area contributed by atoms with Crippen LogP contribution >= 0.6 is 0 Å². The molecule has 1 heterocycles. The molecule has 0 fully saturated rings. The SMILES string of the molecule is CCCOc1ccc(-c2cc(C)[nH]c(=O)c2C#N)cc1CN(CC)CC. The summed E-state index contributed by atoms with van der Waals surface area (Å²) in [4.78, 5) is 17.1. The summed E-state index contributed by atoms with van der Waals surface area (Å²) in [6, 6.07) is 9.79. The molecule has 2 aromatic rings. The van der Waals surface area contributed by atoms with Gasteiger partial charge in [0, 0.05) is 23.4 Å². The van der Waals surface area contributed by atoms with Gasteiger partial charge < -0.3 is 9.72 Å². The molecule has 2 rings (SSSR count). The zero-order valence-corrected chi connectivity index (χ0v) is 16.1. The summed E-state index contributed by atoms with van der Waals surface area (Å²) in [5.41, 5.74) is 3.13. The van der Waals surface area contributed by atoms with E-state index in [0.717, 1.165) is 48.6 Å². The molecule has 0 bridgehead atoms. The number of pyridine rings is 1. The van der Waals surface area contributed by atoms with E-state index in [2.05, 4.69) is 30.7 Å². The summed E-state index contributed by atoms with van der Waals surface area (Å²) < 4.78 is 5.91. The Morgan fingerprint density at radius 1 is 1.19 bits per heavy atom. The van der Waals surface area contributed by atoms with Gasteiger partial charge in [0.1, 0.15) is 17.4 Å². The highest BCUT2D eigenvalue weighted by molar-refractivity contribution is 5.71. The first kappa shape index (κ1) is 19.7. The monoisotopic (exact) mass is 353 g/mol. The molecule has 0 aliphatic carbocycles. The van der Waals surface area contributed by atoms with Crippen molar-refractivity contribution in [2.24, 2.45) is 0 Å². The van der Waals surface area contributed by atoms with Gasteiger partial charge >= 0.3 is 0 Å². The topological polar surface area (TPSA) is 69.1 Å². The first-order valence-electron chi connectivity index (χ1n) is 9.16. The Labute approximate surface area is 155 Å². The van der Waals surface area contributed by atoms with Gasteiger partial charge in [-0.05, 0) is 50.2 Å². The summed E-state index contributed by atoms with van der Waals surface area (Å²) >= 11 is 0. The van der Waals surface area contributed by atoms with Crippen LogP contribution in [0.2, 0.25) is 0 Å². The molecule has 0 spiro atoms. The zero-order chi connectivity index (χ0) is 19.1. The highest BCUT2D eigenvalue weighted by Crippen LogP contribution is 2.29. The maximum absolute atomic E-state index is 12.1. The van der Waals surface area contributed by atoms with Crippen molar-refractivity contribution < 1.29 is 4.74 Å².